The van der Waals surface area contributed by atoms with Crippen LogP contribution in [-0.4, -0.2) is 32.3 Å². The van der Waals surface area contributed by atoms with Crippen LogP contribution in [0.5, 0.6) is 0 Å². The maximum Gasteiger partial charge on any atom is 0.0779 e. The fraction of sp³-hybridized carbons (Fsp3) is 0.600. The number of benzene rings is 1. The normalized spacial score (nSPS) is 26.5. The van der Waals surface area contributed by atoms with Crippen LogP contribution in [-0.2, 0) is 11.3 Å². The molecule has 4 heteroatoms. The minimum absolute atomic E-state index is 0.442. The predicted molar refractivity (Wildman–Crippen MR) is 81.6 cm³/mol. The Hall–Kier alpha value is -0.580. The van der Waals surface area contributed by atoms with E-state index in [1.54, 1.807) is 0 Å². The fourth-order valence-electron chi connectivity index (χ4n) is 3.32. The molecule has 2 atom stereocenters. The molecule has 1 saturated carbocycles. The highest BCUT2D eigenvalue weighted by molar-refractivity contribution is 9.10. The van der Waals surface area contributed by atoms with Gasteiger partial charge in [-0.05, 0) is 59.9 Å². The van der Waals surface area contributed by atoms with Gasteiger partial charge in [0, 0.05) is 17.6 Å². The van der Waals surface area contributed by atoms with Crippen LogP contribution in [0.25, 0.3) is 0 Å². The van der Waals surface area contributed by atoms with Gasteiger partial charge in [-0.3, -0.25) is 0 Å². The van der Waals surface area contributed by atoms with Gasteiger partial charge in [-0.15, -0.1) is 0 Å². The smallest absolute Gasteiger partial charge is 0.0779 e. The monoisotopic (exact) mass is 324 g/mol. The molecule has 1 heterocycles. The molecule has 2 unspecified atom stereocenters. The number of fused-ring (bicyclic) bond motifs is 1. The van der Waals surface area contributed by atoms with Crippen LogP contribution in [0.2, 0.25) is 0 Å². The Morgan fingerprint density at radius 1 is 1.42 bits per heavy atom. The van der Waals surface area contributed by atoms with Gasteiger partial charge >= 0.3 is 0 Å². The summed E-state index contributed by atoms with van der Waals surface area (Å²) >= 11 is 3.74. The fourth-order valence-corrected chi connectivity index (χ4v) is 3.98. The number of hydrogen-bond donors (Lipinski definition) is 1. The molecule has 0 bridgehead atoms. The highest BCUT2D eigenvalue weighted by atomic mass is 79.9. The van der Waals surface area contributed by atoms with Crippen LogP contribution in [0.15, 0.2) is 22.7 Å². The molecule has 3 rings (SSSR count). The van der Waals surface area contributed by atoms with Crippen LogP contribution in [0.3, 0.4) is 0 Å². The summed E-state index contributed by atoms with van der Waals surface area (Å²) in [5, 5.41) is 3.19. The lowest BCUT2D eigenvalue weighted by atomic mass is 10.1. The lowest BCUT2D eigenvalue weighted by molar-refractivity contribution is 0.0256. The topological polar surface area (TPSA) is 24.5 Å². The molecule has 1 saturated heterocycles. The number of anilines is 1. The number of hydrogen-bond acceptors (Lipinski definition) is 3. The average molecular weight is 325 g/mol. The molecule has 2 fully saturated rings. The van der Waals surface area contributed by atoms with E-state index in [1.807, 2.05) is 7.05 Å². The highest BCUT2D eigenvalue weighted by Gasteiger charge is 2.36. The number of ether oxygens (including phenoxy) is 1. The van der Waals surface area contributed by atoms with Gasteiger partial charge in [0.15, 0.2) is 0 Å². The summed E-state index contributed by atoms with van der Waals surface area (Å²) in [4.78, 5) is 2.54. The molecule has 0 aromatic heterocycles. The largest absolute Gasteiger partial charge is 0.374 e. The molecular formula is C15H21BrN2O. The maximum absolute atomic E-state index is 5.89. The molecule has 1 aliphatic heterocycles. The van der Waals surface area contributed by atoms with Crippen LogP contribution in [0, 0.1) is 0 Å². The summed E-state index contributed by atoms with van der Waals surface area (Å²) in [6.45, 7) is 2.77. The number of halogens is 1. The van der Waals surface area contributed by atoms with E-state index < -0.39 is 0 Å². The van der Waals surface area contributed by atoms with Crippen molar-refractivity contribution in [3.63, 3.8) is 0 Å². The molecule has 0 spiro atoms. The van der Waals surface area contributed by atoms with Crippen LogP contribution < -0.4 is 10.2 Å². The highest BCUT2D eigenvalue weighted by Crippen LogP contribution is 2.36. The van der Waals surface area contributed by atoms with E-state index in [0.29, 0.717) is 12.1 Å². The summed E-state index contributed by atoms with van der Waals surface area (Å²) in [5.41, 5.74) is 2.63. The standard InChI is InChI=1S/C15H21BrN2O/c1-17-10-11-5-6-13(12(16)9-11)18-7-8-19-15-4-2-3-14(15)18/h5-6,9,14-15,17H,2-4,7-8,10H2,1H3. The lowest BCUT2D eigenvalue weighted by Crippen LogP contribution is -2.48. The van der Waals surface area contributed by atoms with Crippen molar-refractivity contribution in [3.8, 4) is 0 Å². The number of nitrogens with one attached hydrogen (secondary N) is 1. The van der Waals surface area contributed by atoms with Crippen molar-refractivity contribution in [1.29, 1.82) is 0 Å². The van der Waals surface area contributed by atoms with Crippen molar-refractivity contribution in [2.24, 2.45) is 0 Å². The molecule has 0 amide bonds. The molecule has 2 aliphatic rings. The van der Waals surface area contributed by atoms with Gasteiger partial charge < -0.3 is 15.0 Å². The maximum atomic E-state index is 5.89. The minimum atomic E-state index is 0.442. The van der Waals surface area contributed by atoms with Gasteiger partial charge in [0.25, 0.3) is 0 Å². The van der Waals surface area contributed by atoms with Gasteiger partial charge in [-0.2, -0.15) is 0 Å². The first-order valence-corrected chi connectivity index (χ1v) is 7.90. The van der Waals surface area contributed by atoms with E-state index in [9.17, 15) is 0 Å². The van der Waals surface area contributed by atoms with Gasteiger partial charge in [0.05, 0.1) is 24.4 Å². The van der Waals surface area contributed by atoms with E-state index in [4.69, 9.17) is 4.74 Å². The van der Waals surface area contributed by atoms with Gasteiger partial charge in [0.1, 0.15) is 0 Å². The van der Waals surface area contributed by atoms with Crippen molar-refractivity contribution < 1.29 is 4.74 Å². The van der Waals surface area contributed by atoms with E-state index in [0.717, 1.165) is 19.7 Å². The van der Waals surface area contributed by atoms with Crippen LogP contribution >= 0.6 is 15.9 Å². The summed E-state index contributed by atoms with van der Waals surface area (Å²) in [7, 11) is 1.98. The molecule has 3 nitrogen and oxygen atoms in total. The Morgan fingerprint density at radius 3 is 3.11 bits per heavy atom. The van der Waals surface area contributed by atoms with Crippen molar-refractivity contribution >= 4 is 21.6 Å². The van der Waals surface area contributed by atoms with Crippen molar-refractivity contribution in [2.75, 3.05) is 25.1 Å². The summed E-state index contributed by atoms with van der Waals surface area (Å²) in [5.74, 6) is 0. The first-order valence-electron chi connectivity index (χ1n) is 7.11. The molecule has 1 N–H and O–H groups in total. The van der Waals surface area contributed by atoms with E-state index in [2.05, 4.69) is 44.3 Å². The Morgan fingerprint density at radius 2 is 2.32 bits per heavy atom. The number of nitrogens with zero attached hydrogens (tertiary/aromatic N) is 1. The van der Waals surface area contributed by atoms with E-state index in [-0.39, 0.29) is 0 Å². The quantitative estimate of drug-likeness (QED) is 0.925. The van der Waals surface area contributed by atoms with Crippen molar-refractivity contribution in [1.82, 2.24) is 5.32 Å². The molecule has 1 aromatic carbocycles. The Kier molecular flexibility index (Phi) is 4.10. The minimum Gasteiger partial charge on any atom is -0.374 e. The van der Waals surface area contributed by atoms with Gasteiger partial charge in [-0.25, -0.2) is 0 Å². The van der Waals surface area contributed by atoms with Crippen LogP contribution in [0.4, 0.5) is 5.69 Å². The zero-order chi connectivity index (χ0) is 13.2. The third-order valence-electron chi connectivity index (χ3n) is 4.18. The summed E-state index contributed by atoms with van der Waals surface area (Å²) < 4.78 is 7.09. The lowest BCUT2D eigenvalue weighted by Gasteiger charge is -2.40. The second-order valence-electron chi connectivity index (χ2n) is 5.42. The SMILES string of the molecule is CNCc1ccc(N2CCOC3CCCC32)c(Br)c1. The third-order valence-corrected chi connectivity index (χ3v) is 4.82. The second kappa shape index (κ2) is 5.81. The Labute approximate surface area is 123 Å². The predicted octanol–water partition coefficient (Wildman–Crippen LogP) is 2.93. The zero-order valence-corrected chi connectivity index (χ0v) is 12.9. The molecule has 1 aromatic rings. The Bertz CT molecular complexity index is 452. The summed E-state index contributed by atoms with van der Waals surface area (Å²) in [6.07, 6.45) is 4.21. The average Bonchev–Trinajstić information content (AvgIpc) is 2.88. The molecule has 19 heavy (non-hydrogen) atoms. The van der Waals surface area contributed by atoms with Crippen LogP contribution in [0.1, 0.15) is 24.8 Å². The molecule has 1 aliphatic carbocycles. The number of rotatable bonds is 3. The van der Waals surface area contributed by atoms with E-state index in [1.165, 1.54) is 35.0 Å². The Balaban J connectivity index is 1.84. The second-order valence-corrected chi connectivity index (χ2v) is 6.27. The number of morpholine rings is 1. The molecular weight excluding hydrogens is 304 g/mol. The first kappa shape index (κ1) is 13.4. The van der Waals surface area contributed by atoms with Crippen molar-refractivity contribution in [3.05, 3.63) is 28.2 Å². The first-order chi connectivity index (χ1) is 9.29. The van der Waals surface area contributed by atoms with Gasteiger partial charge in [0.2, 0.25) is 0 Å². The molecule has 0 radical (unpaired) electrons. The van der Waals surface area contributed by atoms with Crippen molar-refractivity contribution in [2.45, 2.75) is 38.0 Å². The third kappa shape index (κ3) is 2.67. The zero-order valence-electron chi connectivity index (χ0n) is 11.4. The molecule has 104 valence electrons. The van der Waals surface area contributed by atoms with E-state index >= 15 is 0 Å². The summed E-state index contributed by atoms with van der Waals surface area (Å²) in [6, 6.07) is 7.26. The van der Waals surface area contributed by atoms with Gasteiger partial charge in [-0.1, -0.05) is 6.07 Å².